The molecule has 3 N–H and O–H groups in total. The van der Waals surface area contributed by atoms with Crippen molar-refractivity contribution in [2.45, 2.75) is 38.0 Å². The second-order valence-electron chi connectivity index (χ2n) is 3.95. The number of nitrogens with zero attached hydrogens (tertiary/aromatic N) is 1. The van der Waals surface area contributed by atoms with Crippen LogP contribution in [-0.4, -0.2) is 35.3 Å². The van der Waals surface area contributed by atoms with Crippen LogP contribution in [0.5, 0.6) is 0 Å². The highest BCUT2D eigenvalue weighted by Gasteiger charge is 2.23. The van der Waals surface area contributed by atoms with Gasteiger partial charge in [-0.15, -0.1) is 0 Å². The molecule has 82 valence electrons. The third-order valence-electron chi connectivity index (χ3n) is 2.27. The van der Waals surface area contributed by atoms with E-state index in [1.54, 1.807) is 0 Å². The molecule has 1 fully saturated rings. The van der Waals surface area contributed by atoms with Crippen molar-refractivity contribution in [1.29, 1.82) is 0 Å². The average Bonchev–Trinajstić information content (AvgIpc) is 2.17. The summed E-state index contributed by atoms with van der Waals surface area (Å²) in [6.07, 6.45) is 2.17. The predicted octanol–water partition coefficient (Wildman–Crippen LogP) is 1.18. The highest BCUT2D eigenvalue weighted by Crippen LogP contribution is 2.18. The minimum atomic E-state index is 0.0405. The zero-order chi connectivity index (χ0) is 10.6. The molecule has 14 heavy (non-hydrogen) atoms. The molecule has 0 spiro atoms. The van der Waals surface area contributed by atoms with E-state index in [9.17, 15) is 4.79 Å². The molecule has 1 rings (SSSR count). The van der Waals surface area contributed by atoms with E-state index in [0.29, 0.717) is 5.25 Å². The van der Waals surface area contributed by atoms with Crippen LogP contribution in [0.1, 0.15) is 26.7 Å². The third-order valence-corrected chi connectivity index (χ3v) is 3.04. The first-order valence-electron chi connectivity index (χ1n) is 5.04. The largest absolute Gasteiger partial charge is 0.336 e. The third kappa shape index (κ3) is 3.38. The zero-order valence-corrected chi connectivity index (χ0v) is 9.64. The molecule has 1 heterocycles. The molecule has 1 atom stereocenters. The lowest BCUT2D eigenvalue weighted by Crippen LogP contribution is -2.48. The number of rotatable bonds is 2. The Hall–Kier alpha value is -0.420. The summed E-state index contributed by atoms with van der Waals surface area (Å²) in [4.78, 5) is 13.5. The SMILES string of the molecule is CC(C)NC(=O)N1CCCC(SN)C1. The number of piperidine rings is 1. The van der Waals surface area contributed by atoms with Gasteiger partial charge >= 0.3 is 6.03 Å². The van der Waals surface area contributed by atoms with Gasteiger partial charge in [0.05, 0.1) is 0 Å². The van der Waals surface area contributed by atoms with Gasteiger partial charge in [0.15, 0.2) is 0 Å². The highest BCUT2D eigenvalue weighted by atomic mass is 32.2. The van der Waals surface area contributed by atoms with Crippen molar-refractivity contribution in [1.82, 2.24) is 10.2 Å². The Balaban J connectivity index is 2.39. The van der Waals surface area contributed by atoms with Crippen molar-refractivity contribution >= 4 is 18.0 Å². The molecule has 4 nitrogen and oxygen atoms in total. The van der Waals surface area contributed by atoms with E-state index in [-0.39, 0.29) is 12.1 Å². The van der Waals surface area contributed by atoms with E-state index < -0.39 is 0 Å². The second-order valence-corrected chi connectivity index (χ2v) is 4.89. The molecule has 5 heteroatoms. The van der Waals surface area contributed by atoms with Crippen molar-refractivity contribution in [3.8, 4) is 0 Å². The Morgan fingerprint density at radius 3 is 2.93 bits per heavy atom. The van der Waals surface area contributed by atoms with E-state index >= 15 is 0 Å². The fraction of sp³-hybridized carbons (Fsp3) is 0.889. The first-order valence-corrected chi connectivity index (χ1v) is 5.98. The van der Waals surface area contributed by atoms with Gasteiger partial charge in [0.1, 0.15) is 0 Å². The van der Waals surface area contributed by atoms with Gasteiger partial charge in [0.2, 0.25) is 0 Å². The number of amides is 2. The summed E-state index contributed by atoms with van der Waals surface area (Å²) in [7, 11) is 0. The highest BCUT2D eigenvalue weighted by molar-refractivity contribution is 7.97. The van der Waals surface area contributed by atoms with Crippen LogP contribution in [0.4, 0.5) is 4.79 Å². The summed E-state index contributed by atoms with van der Waals surface area (Å²) in [6, 6.07) is 0.243. The maximum absolute atomic E-state index is 11.6. The Morgan fingerprint density at radius 2 is 2.36 bits per heavy atom. The van der Waals surface area contributed by atoms with Crippen molar-refractivity contribution in [2.24, 2.45) is 5.14 Å². The molecule has 0 radical (unpaired) electrons. The molecule has 0 aromatic carbocycles. The van der Waals surface area contributed by atoms with Gasteiger partial charge in [0.25, 0.3) is 0 Å². The topological polar surface area (TPSA) is 58.4 Å². The molecule has 1 unspecified atom stereocenters. The van der Waals surface area contributed by atoms with E-state index in [1.807, 2.05) is 18.7 Å². The zero-order valence-electron chi connectivity index (χ0n) is 8.82. The molecule has 0 aromatic heterocycles. The molecule has 1 aliphatic heterocycles. The molecule has 1 aliphatic rings. The number of hydrogen-bond acceptors (Lipinski definition) is 3. The molecular formula is C9H19N3OS. The van der Waals surface area contributed by atoms with E-state index in [4.69, 9.17) is 5.14 Å². The summed E-state index contributed by atoms with van der Waals surface area (Å²) >= 11 is 1.36. The predicted molar refractivity (Wildman–Crippen MR) is 60.0 cm³/mol. The molecule has 0 aromatic rings. The number of likely N-dealkylation sites (tertiary alicyclic amines) is 1. The summed E-state index contributed by atoms with van der Waals surface area (Å²) in [5.74, 6) is 0. The summed E-state index contributed by atoms with van der Waals surface area (Å²) in [5.41, 5.74) is 0. The second kappa shape index (κ2) is 5.46. The number of nitrogens with two attached hydrogens (primary N) is 1. The molecule has 0 aliphatic carbocycles. The van der Waals surface area contributed by atoms with Crippen LogP contribution < -0.4 is 10.5 Å². The molecule has 0 bridgehead atoms. The first kappa shape index (κ1) is 11.7. The molecule has 0 saturated carbocycles. The standard InChI is InChI=1S/C9H19N3OS/c1-7(2)11-9(13)12-5-3-4-8(6-12)14-10/h7-8H,3-6,10H2,1-2H3,(H,11,13). The van der Waals surface area contributed by atoms with Crippen molar-refractivity contribution in [3.05, 3.63) is 0 Å². The summed E-state index contributed by atoms with van der Waals surface area (Å²) < 4.78 is 0. The summed E-state index contributed by atoms with van der Waals surface area (Å²) in [5, 5.41) is 8.82. The fourth-order valence-electron chi connectivity index (χ4n) is 1.57. The van der Waals surface area contributed by atoms with E-state index in [2.05, 4.69) is 5.32 Å². The van der Waals surface area contributed by atoms with Crippen LogP contribution in [0.2, 0.25) is 0 Å². The molecular weight excluding hydrogens is 198 g/mol. The lowest BCUT2D eigenvalue weighted by Gasteiger charge is -2.32. The average molecular weight is 217 g/mol. The Morgan fingerprint density at radius 1 is 1.64 bits per heavy atom. The number of carbonyl (C=O) groups is 1. The number of nitrogens with one attached hydrogen (secondary N) is 1. The molecule has 1 saturated heterocycles. The van der Waals surface area contributed by atoms with Gasteiger partial charge in [-0.2, -0.15) is 0 Å². The summed E-state index contributed by atoms with van der Waals surface area (Å²) in [6.45, 7) is 5.57. The number of urea groups is 1. The maximum Gasteiger partial charge on any atom is 0.317 e. The van der Waals surface area contributed by atoms with Crippen LogP contribution in [0.3, 0.4) is 0 Å². The van der Waals surface area contributed by atoms with Crippen LogP contribution in [-0.2, 0) is 0 Å². The lowest BCUT2D eigenvalue weighted by atomic mass is 10.1. The van der Waals surface area contributed by atoms with Crippen LogP contribution >= 0.6 is 11.9 Å². The van der Waals surface area contributed by atoms with Crippen molar-refractivity contribution < 1.29 is 4.79 Å². The van der Waals surface area contributed by atoms with Gasteiger partial charge in [-0.05, 0) is 26.7 Å². The van der Waals surface area contributed by atoms with Crippen molar-refractivity contribution in [3.63, 3.8) is 0 Å². The smallest absolute Gasteiger partial charge is 0.317 e. The normalized spacial score (nSPS) is 22.6. The Kier molecular flexibility index (Phi) is 4.54. The van der Waals surface area contributed by atoms with Gasteiger partial charge in [0, 0.05) is 24.4 Å². The van der Waals surface area contributed by atoms with E-state index in [0.717, 1.165) is 25.9 Å². The monoisotopic (exact) mass is 217 g/mol. The minimum absolute atomic E-state index is 0.0405. The quantitative estimate of drug-likeness (QED) is 0.683. The van der Waals surface area contributed by atoms with E-state index in [1.165, 1.54) is 11.9 Å². The number of hydrogen-bond donors (Lipinski definition) is 2. The van der Waals surface area contributed by atoms with Crippen LogP contribution in [0, 0.1) is 0 Å². The number of carbonyl (C=O) groups excluding carboxylic acids is 1. The molecule has 2 amide bonds. The maximum atomic E-state index is 11.6. The van der Waals surface area contributed by atoms with Crippen molar-refractivity contribution in [2.75, 3.05) is 13.1 Å². The Bertz CT molecular complexity index is 198. The van der Waals surface area contributed by atoms with Gasteiger partial charge in [-0.25, -0.2) is 4.79 Å². The Labute approximate surface area is 89.7 Å². The van der Waals surface area contributed by atoms with Gasteiger partial charge in [-0.1, -0.05) is 11.9 Å². The van der Waals surface area contributed by atoms with Crippen LogP contribution in [0.15, 0.2) is 0 Å². The lowest BCUT2D eigenvalue weighted by molar-refractivity contribution is 0.185. The van der Waals surface area contributed by atoms with Gasteiger partial charge in [-0.3, -0.25) is 5.14 Å². The fourth-order valence-corrected chi connectivity index (χ4v) is 2.14. The van der Waals surface area contributed by atoms with Crippen LogP contribution in [0.25, 0.3) is 0 Å². The first-order chi connectivity index (χ1) is 6.63. The van der Waals surface area contributed by atoms with Gasteiger partial charge < -0.3 is 10.2 Å². The minimum Gasteiger partial charge on any atom is -0.336 e.